The third-order valence-electron chi connectivity index (χ3n) is 5.06. The molecule has 2 amide bonds. The van der Waals surface area contributed by atoms with E-state index < -0.39 is 0 Å². The fourth-order valence-corrected chi connectivity index (χ4v) is 3.45. The number of morpholine rings is 1. The Morgan fingerprint density at radius 3 is 2.69 bits per heavy atom. The number of anilines is 1. The van der Waals surface area contributed by atoms with Crippen LogP contribution in [-0.2, 0) is 11.3 Å². The van der Waals surface area contributed by atoms with Gasteiger partial charge in [0.05, 0.1) is 19.8 Å². The first-order chi connectivity index (χ1) is 13.7. The van der Waals surface area contributed by atoms with Crippen LogP contribution in [0.15, 0.2) is 29.3 Å². The van der Waals surface area contributed by atoms with E-state index >= 15 is 0 Å². The van der Waals surface area contributed by atoms with Crippen molar-refractivity contribution in [3.8, 4) is 0 Å². The van der Waals surface area contributed by atoms with Gasteiger partial charge in [-0.1, -0.05) is 12.1 Å². The van der Waals surface area contributed by atoms with Gasteiger partial charge in [0, 0.05) is 38.4 Å². The second-order valence-electron chi connectivity index (χ2n) is 7.26. The lowest BCUT2D eigenvalue weighted by Gasteiger charge is -2.26. The van der Waals surface area contributed by atoms with E-state index in [1.54, 1.807) is 0 Å². The Morgan fingerprint density at radius 1 is 1.17 bits per heavy atom. The zero-order chi connectivity index (χ0) is 19.6. The molecule has 0 radical (unpaired) electrons. The fourth-order valence-electron chi connectivity index (χ4n) is 3.45. The van der Waals surface area contributed by atoms with Crippen LogP contribution in [0.4, 0.5) is 10.5 Å². The molecule has 9 heteroatoms. The smallest absolute Gasteiger partial charge is 0.321 e. The van der Waals surface area contributed by atoms with Crippen molar-refractivity contribution < 1.29 is 9.53 Å². The summed E-state index contributed by atoms with van der Waals surface area (Å²) < 4.78 is 5.35. The van der Waals surface area contributed by atoms with E-state index in [1.165, 1.54) is 0 Å². The number of carbonyl (C=O) groups excluding carboxylic acids is 1. The van der Waals surface area contributed by atoms with E-state index in [1.807, 2.05) is 29.2 Å². The van der Waals surface area contributed by atoms with Gasteiger partial charge in [-0.05, 0) is 43.5 Å². The maximum Gasteiger partial charge on any atom is 0.321 e. The van der Waals surface area contributed by atoms with E-state index in [0.29, 0.717) is 12.5 Å². The van der Waals surface area contributed by atoms with Crippen LogP contribution in [-0.4, -0.2) is 74.3 Å². The topological polar surface area (TPSA) is 95.2 Å². The molecule has 3 rings (SSSR count). The minimum absolute atomic E-state index is 0. The van der Waals surface area contributed by atoms with Gasteiger partial charge < -0.3 is 26.0 Å². The first-order valence-corrected chi connectivity index (χ1v) is 10.2. The summed E-state index contributed by atoms with van der Waals surface area (Å²) in [4.78, 5) is 20.9. The highest BCUT2D eigenvalue weighted by Gasteiger charge is 2.17. The molecular weight excluding hydrogens is 483 g/mol. The van der Waals surface area contributed by atoms with Gasteiger partial charge in [-0.15, -0.1) is 24.0 Å². The van der Waals surface area contributed by atoms with Crippen molar-refractivity contribution in [2.75, 3.05) is 57.8 Å². The number of benzene rings is 1. The van der Waals surface area contributed by atoms with Crippen LogP contribution in [0, 0.1) is 0 Å². The summed E-state index contributed by atoms with van der Waals surface area (Å²) in [5, 5.41) is 6.13. The van der Waals surface area contributed by atoms with Crippen LogP contribution < -0.4 is 16.4 Å². The predicted octanol–water partition coefficient (Wildman–Crippen LogP) is 2.06. The van der Waals surface area contributed by atoms with Crippen LogP contribution in [0.5, 0.6) is 0 Å². The van der Waals surface area contributed by atoms with E-state index in [-0.39, 0.29) is 30.0 Å². The number of rotatable bonds is 7. The van der Waals surface area contributed by atoms with Gasteiger partial charge in [-0.2, -0.15) is 0 Å². The number of amides is 2. The van der Waals surface area contributed by atoms with Crippen molar-refractivity contribution >= 4 is 41.7 Å². The second-order valence-corrected chi connectivity index (χ2v) is 7.26. The molecule has 0 aliphatic carbocycles. The summed E-state index contributed by atoms with van der Waals surface area (Å²) in [6.07, 6.45) is 3.19. The standard InChI is InChI=1S/C20H32N6O2.HI/c21-19(22-7-4-8-25-11-13-28-14-12-25)23-16-17-5-3-6-18(15-17)24-20(27)26-9-1-2-10-26;/h3,5-6,15H,1-2,4,7-14,16H2,(H,24,27)(H3,21,22,23);1H. The largest absolute Gasteiger partial charge is 0.379 e. The highest BCUT2D eigenvalue weighted by Crippen LogP contribution is 2.14. The Kier molecular flexibility index (Phi) is 10.5. The normalized spacial score (nSPS) is 17.7. The molecule has 2 heterocycles. The number of hydrogen-bond acceptors (Lipinski definition) is 4. The summed E-state index contributed by atoms with van der Waals surface area (Å²) >= 11 is 0. The molecule has 29 heavy (non-hydrogen) atoms. The molecule has 2 saturated heterocycles. The number of aliphatic imine (C=N–C) groups is 1. The maximum atomic E-state index is 12.2. The monoisotopic (exact) mass is 516 g/mol. The van der Waals surface area contributed by atoms with E-state index in [9.17, 15) is 4.79 Å². The number of nitrogens with one attached hydrogen (secondary N) is 2. The first kappa shape index (κ1) is 23.7. The van der Waals surface area contributed by atoms with Crippen LogP contribution >= 0.6 is 24.0 Å². The number of carbonyl (C=O) groups is 1. The van der Waals surface area contributed by atoms with Gasteiger partial charge in [0.1, 0.15) is 0 Å². The van der Waals surface area contributed by atoms with Crippen LogP contribution in [0.25, 0.3) is 0 Å². The second kappa shape index (κ2) is 12.9. The van der Waals surface area contributed by atoms with Gasteiger partial charge in [-0.25, -0.2) is 9.79 Å². The maximum absolute atomic E-state index is 12.2. The van der Waals surface area contributed by atoms with E-state index in [0.717, 1.165) is 83.0 Å². The number of guanidine groups is 1. The van der Waals surface area contributed by atoms with Crippen molar-refractivity contribution in [1.82, 2.24) is 15.1 Å². The Balaban J connectivity index is 0.00000300. The van der Waals surface area contributed by atoms with Crippen LogP contribution in [0.3, 0.4) is 0 Å². The number of urea groups is 1. The third-order valence-corrected chi connectivity index (χ3v) is 5.06. The van der Waals surface area contributed by atoms with E-state index in [4.69, 9.17) is 10.5 Å². The number of likely N-dealkylation sites (tertiary alicyclic amines) is 1. The lowest BCUT2D eigenvalue weighted by molar-refractivity contribution is 0.0376. The van der Waals surface area contributed by atoms with Crippen molar-refractivity contribution in [2.45, 2.75) is 25.8 Å². The average molecular weight is 516 g/mol. The molecule has 0 spiro atoms. The Labute approximate surface area is 190 Å². The molecule has 2 fully saturated rings. The number of nitrogens with two attached hydrogens (primary N) is 1. The molecule has 0 atom stereocenters. The highest BCUT2D eigenvalue weighted by atomic mass is 127. The third kappa shape index (κ3) is 8.35. The summed E-state index contributed by atoms with van der Waals surface area (Å²) in [6.45, 7) is 7.68. The zero-order valence-corrected chi connectivity index (χ0v) is 19.3. The van der Waals surface area contributed by atoms with Crippen molar-refractivity contribution in [3.63, 3.8) is 0 Å². The molecule has 4 N–H and O–H groups in total. The minimum atomic E-state index is -0.0281. The van der Waals surface area contributed by atoms with Gasteiger partial charge in [0.2, 0.25) is 0 Å². The molecule has 0 aromatic heterocycles. The van der Waals surface area contributed by atoms with Crippen molar-refractivity contribution in [1.29, 1.82) is 0 Å². The molecule has 0 bridgehead atoms. The molecule has 0 saturated carbocycles. The summed E-state index contributed by atoms with van der Waals surface area (Å²) in [6, 6.07) is 7.73. The number of nitrogens with zero attached hydrogens (tertiary/aromatic N) is 3. The molecule has 2 aliphatic rings. The Bertz CT molecular complexity index is 660. The Morgan fingerprint density at radius 2 is 1.93 bits per heavy atom. The van der Waals surface area contributed by atoms with Gasteiger partial charge in [-0.3, -0.25) is 4.90 Å². The zero-order valence-electron chi connectivity index (χ0n) is 16.9. The SMILES string of the molecule is I.NC(=NCc1cccc(NC(=O)N2CCCC2)c1)NCCCN1CCOCC1. The summed E-state index contributed by atoms with van der Waals surface area (Å²) in [5.74, 6) is 0.452. The molecular formula is C20H33IN6O2. The first-order valence-electron chi connectivity index (χ1n) is 10.2. The number of hydrogen-bond donors (Lipinski definition) is 3. The van der Waals surface area contributed by atoms with Crippen molar-refractivity contribution in [3.05, 3.63) is 29.8 Å². The molecule has 2 aliphatic heterocycles. The fraction of sp³-hybridized carbons (Fsp3) is 0.600. The lowest BCUT2D eigenvalue weighted by Crippen LogP contribution is -2.39. The Hall–Kier alpha value is -1.59. The van der Waals surface area contributed by atoms with E-state index in [2.05, 4.69) is 20.5 Å². The highest BCUT2D eigenvalue weighted by molar-refractivity contribution is 14.0. The van der Waals surface area contributed by atoms with Gasteiger partial charge >= 0.3 is 6.03 Å². The van der Waals surface area contributed by atoms with Gasteiger partial charge in [0.15, 0.2) is 5.96 Å². The molecule has 0 unspecified atom stereocenters. The van der Waals surface area contributed by atoms with Gasteiger partial charge in [0.25, 0.3) is 0 Å². The molecule has 8 nitrogen and oxygen atoms in total. The minimum Gasteiger partial charge on any atom is -0.379 e. The van der Waals surface area contributed by atoms with Crippen LogP contribution in [0.2, 0.25) is 0 Å². The number of ether oxygens (including phenoxy) is 1. The molecule has 1 aromatic carbocycles. The van der Waals surface area contributed by atoms with Crippen LogP contribution in [0.1, 0.15) is 24.8 Å². The molecule has 162 valence electrons. The quantitative estimate of drug-likeness (QED) is 0.223. The molecule has 1 aromatic rings. The average Bonchev–Trinajstić information content (AvgIpc) is 3.26. The number of halogens is 1. The predicted molar refractivity (Wildman–Crippen MR) is 127 cm³/mol. The summed E-state index contributed by atoms with van der Waals surface area (Å²) in [7, 11) is 0. The van der Waals surface area contributed by atoms with Crippen molar-refractivity contribution in [2.24, 2.45) is 10.7 Å². The lowest BCUT2D eigenvalue weighted by atomic mass is 10.2. The summed E-state index contributed by atoms with van der Waals surface area (Å²) in [5.41, 5.74) is 7.78.